The van der Waals surface area contributed by atoms with E-state index in [0.717, 1.165) is 18.5 Å². The third-order valence-electron chi connectivity index (χ3n) is 2.52. The fourth-order valence-electron chi connectivity index (χ4n) is 1.75. The molecule has 2 N–H and O–H groups in total. The van der Waals surface area contributed by atoms with E-state index in [1.807, 2.05) is 11.8 Å². The number of nitrogens with two attached hydrogens (primary N) is 1. The van der Waals surface area contributed by atoms with E-state index in [-0.39, 0.29) is 11.9 Å². The number of hydrogen-bond donors (Lipinski definition) is 1. The van der Waals surface area contributed by atoms with Gasteiger partial charge < -0.3 is 10.6 Å². The molecule has 0 aromatic rings. The molecule has 3 heteroatoms. The summed E-state index contributed by atoms with van der Waals surface area (Å²) in [4.78, 5) is 12.9. The van der Waals surface area contributed by atoms with Crippen molar-refractivity contribution in [2.75, 3.05) is 0 Å². The lowest BCUT2D eigenvalue weighted by atomic mass is 10.2. The minimum atomic E-state index is -0.273. The smallest absolute Gasteiger partial charge is 0.239 e. The number of carbonyl (C=O) groups is 1. The summed E-state index contributed by atoms with van der Waals surface area (Å²) in [5, 5.41) is 0. The number of nitrogens with zero attached hydrogens (tertiary/aromatic N) is 1. The van der Waals surface area contributed by atoms with Crippen molar-refractivity contribution in [1.82, 2.24) is 4.90 Å². The molecule has 68 valence electrons. The summed E-state index contributed by atoms with van der Waals surface area (Å²) in [5.74, 6) is -0.273. The van der Waals surface area contributed by atoms with Crippen molar-refractivity contribution in [2.24, 2.45) is 5.73 Å². The van der Waals surface area contributed by atoms with Crippen LogP contribution in [0, 0.1) is 0 Å². The van der Waals surface area contributed by atoms with Crippen LogP contribution >= 0.6 is 0 Å². The van der Waals surface area contributed by atoms with Gasteiger partial charge in [-0.2, -0.15) is 0 Å². The molecule has 1 saturated heterocycles. The van der Waals surface area contributed by atoms with Gasteiger partial charge >= 0.3 is 0 Å². The molecule has 0 radical (unpaired) electrons. The Morgan fingerprint density at radius 1 is 1.83 bits per heavy atom. The first kappa shape index (κ1) is 9.10. The van der Waals surface area contributed by atoms with Gasteiger partial charge in [0.15, 0.2) is 0 Å². The van der Waals surface area contributed by atoms with E-state index < -0.39 is 0 Å². The first-order valence-corrected chi connectivity index (χ1v) is 4.29. The van der Waals surface area contributed by atoms with Crippen molar-refractivity contribution in [2.45, 2.75) is 38.8 Å². The molecular formula is C9H16N2O. The van der Waals surface area contributed by atoms with Crippen molar-refractivity contribution in [3.8, 4) is 0 Å². The van der Waals surface area contributed by atoms with Crippen LogP contribution in [0.25, 0.3) is 0 Å². The number of rotatable bonds is 2. The van der Waals surface area contributed by atoms with Gasteiger partial charge in [-0.15, -0.1) is 0 Å². The zero-order valence-electron chi connectivity index (χ0n) is 7.71. The summed E-state index contributed by atoms with van der Waals surface area (Å²) in [7, 11) is 0. The van der Waals surface area contributed by atoms with Crippen LogP contribution < -0.4 is 5.73 Å². The molecule has 2 unspecified atom stereocenters. The predicted molar refractivity (Wildman–Crippen MR) is 48.3 cm³/mol. The molecule has 0 aromatic carbocycles. The van der Waals surface area contributed by atoms with Gasteiger partial charge in [0.1, 0.15) is 6.04 Å². The molecule has 0 saturated carbocycles. The molecule has 0 bridgehead atoms. The highest BCUT2D eigenvalue weighted by molar-refractivity contribution is 5.79. The molecule has 12 heavy (non-hydrogen) atoms. The van der Waals surface area contributed by atoms with Gasteiger partial charge in [0.2, 0.25) is 5.91 Å². The van der Waals surface area contributed by atoms with E-state index >= 15 is 0 Å². The summed E-state index contributed by atoms with van der Waals surface area (Å²) in [5.41, 5.74) is 6.25. The first-order chi connectivity index (χ1) is 5.54. The molecule has 1 aliphatic heterocycles. The second-order valence-corrected chi connectivity index (χ2v) is 3.44. The van der Waals surface area contributed by atoms with Gasteiger partial charge in [-0.05, 0) is 26.7 Å². The molecule has 3 nitrogen and oxygen atoms in total. The average Bonchev–Trinajstić information content (AvgIpc) is 2.30. The highest BCUT2D eigenvalue weighted by atomic mass is 16.1. The van der Waals surface area contributed by atoms with E-state index in [1.54, 1.807) is 0 Å². The molecule has 1 heterocycles. The van der Waals surface area contributed by atoms with E-state index in [0.29, 0.717) is 6.04 Å². The van der Waals surface area contributed by atoms with Gasteiger partial charge in [0.05, 0.1) is 0 Å². The van der Waals surface area contributed by atoms with Gasteiger partial charge in [-0.1, -0.05) is 6.58 Å². The number of amides is 1. The molecule has 1 amide bonds. The minimum absolute atomic E-state index is 0.213. The third kappa shape index (κ3) is 1.44. The maximum absolute atomic E-state index is 10.9. The first-order valence-electron chi connectivity index (χ1n) is 4.29. The van der Waals surface area contributed by atoms with Crippen molar-refractivity contribution >= 4 is 5.91 Å². The Morgan fingerprint density at radius 2 is 2.42 bits per heavy atom. The van der Waals surface area contributed by atoms with Crippen molar-refractivity contribution in [1.29, 1.82) is 0 Å². The van der Waals surface area contributed by atoms with Gasteiger partial charge in [0, 0.05) is 11.7 Å². The molecule has 1 fully saturated rings. The Hall–Kier alpha value is -0.990. The molecule has 0 aromatic heterocycles. The lowest BCUT2D eigenvalue weighted by Crippen LogP contribution is -2.43. The van der Waals surface area contributed by atoms with Crippen LogP contribution in [0.4, 0.5) is 0 Å². The third-order valence-corrected chi connectivity index (χ3v) is 2.52. The second-order valence-electron chi connectivity index (χ2n) is 3.44. The Balaban J connectivity index is 2.72. The molecule has 0 spiro atoms. The number of allylic oxidation sites excluding steroid dienone is 1. The van der Waals surface area contributed by atoms with Gasteiger partial charge in [-0.25, -0.2) is 0 Å². The monoisotopic (exact) mass is 168 g/mol. The zero-order chi connectivity index (χ0) is 9.30. The SMILES string of the molecule is C=C1CCC(C)N1C(C)C(N)=O. The Kier molecular flexibility index (Phi) is 2.40. The maximum atomic E-state index is 10.9. The van der Waals surface area contributed by atoms with Crippen molar-refractivity contribution in [3.63, 3.8) is 0 Å². The Morgan fingerprint density at radius 3 is 2.75 bits per heavy atom. The number of likely N-dealkylation sites (tertiary alicyclic amines) is 1. The van der Waals surface area contributed by atoms with Gasteiger partial charge in [0.25, 0.3) is 0 Å². The normalized spacial score (nSPS) is 26.0. The average molecular weight is 168 g/mol. The van der Waals surface area contributed by atoms with Crippen LogP contribution in [0.1, 0.15) is 26.7 Å². The molecule has 0 aliphatic carbocycles. The van der Waals surface area contributed by atoms with Gasteiger partial charge in [-0.3, -0.25) is 4.79 Å². The fourth-order valence-corrected chi connectivity index (χ4v) is 1.75. The van der Waals surface area contributed by atoms with Crippen LogP contribution in [0.3, 0.4) is 0 Å². The lowest BCUT2D eigenvalue weighted by Gasteiger charge is -2.29. The van der Waals surface area contributed by atoms with Crippen LogP contribution in [-0.4, -0.2) is 22.9 Å². The Bertz CT molecular complexity index is 213. The molecular weight excluding hydrogens is 152 g/mol. The topological polar surface area (TPSA) is 46.3 Å². The molecule has 2 atom stereocenters. The lowest BCUT2D eigenvalue weighted by molar-refractivity contribution is -0.122. The quantitative estimate of drug-likeness (QED) is 0.664. The van der Waals surface area contributed by atoms with Crippen LogP contribution in [0.2, 0.25) is 0 Å². The Labute approximate surface area is 73.2 Å². The van der Waals surface area contributed by atoms with E-state index in [9.17, 15) is 4.79 Å². The van der Waals surface area contributed by atoms with Crippen LogP contribution in [0.15, 0.2) is 12.3 Å². The van der Waals surface area contributed by atoms with Crippen LogP contribution in [0.5, 0.6) is 0 Å². The number of primary amides is 1. The number of hydrogen-bond acceptors (Lipinski definition) is 2. The van der Waals surface area contributed by atoms with E-state index in [2.05, 4.69) is 13.5 Å². The highest BCUT2D eigenvalue weighted by Crippen LogP contribution is 2.27. The summed E-state index contributed by atoms with van der Waals surface area (Å²) >= 11 is 0. The van der Waals surface area contributed by atoms with E-state index in [4.69, 9.17) is 5.73 Å². The maximum Gasteiger partial charge on any atom is 0.239 e. The fraction of sp³-hybridized carbons (Fsp3) is 0.667. The predicted octanol–water partition coefficient (Wildman–Crippen LogP) is 0.858. The second kappa shape index (κ2) is 3.17. The molecule has 1 aliphatic rings. The van der Waals surface area contributed by atoms with E-state index in [1.165, 1.54) is 0 Å². The van der Waals surface area contributed by atoms with Crippen LogP contribution in [-0.2, 0) is 4.79 Å². The standard InChI is InChI=1S/C9H16N2O/c1-6-4-5-7(2)11(6)8(3)9(10)12/h7-8H,1,4-5H2,2-3H3,(H2,10,12). The molecule has 1 rings (SSSR count). The highest BCUT2D eigenvalue weighted by Gasteiger charge is 2.29. The minimum Gasteiger partial charge on any atom is -0.368 e. The summed E-state index contributed by atoms with van der Waals surface area (Å²) in [6.45, 7) is 7.83. The van der Waals surface area contributed by atoms with Crippen molar-refractivity contribution in [3.05, 3.63) is 12.3 Å². The largest absolute Gasteiger partial charge is 0.368 e. The number of carbonyl (C=O) groups excluding carboxylic acids is 1. The van der Waals surface area contributed by atoms with Crippen molar-refractivity contribution < 1.29 is 4.79 Å². The summed E-state index contributed by atoms with van der Waals surface area (Å²) in [6, 6.07) is 0.190. The summed E-state index contributed by atoms with van der Waals surface area (Å²) < 4.78 is 0. The summed E-state index contributed by atoms with van der Waals surface area (Å²) in [6.07, 6.45) is 2.06. The zero-order valence-corrected chi connectivity index (χ0v) is 7.71.